The smallest absolute Gasteiger partial charge is 0.121 e. The van der Waals surface area contributed by atoms with E-state index in [1.165, 1.54) is 0 Å². The maximum absolute atomic E-state index is 10.6. The van der Waals surface area contributed by atoms with Gasteiger partial charge in [0, 0.05) is 4.88 Å². The molecule has 0 fully saturated rings. The summed E-state index contributed by atoms with van der Waals surface area (Å²) in [6.07, 6.45) is 0.161. The van der Waals surface area contributed by atoms with Crippen LogP contribution >= 0.6 is 11.3 Å². The van der Waals surface area contributed by atoms with Gasteiger partial charge in [0.25, 0.3) is 0 Å². The molecule has 3 heteroatoms. The molecule has 0 aliphatic heterocycles. The minimum Gasteiger partial charge on any atom is -0.491 e. The maximum Gasteiger partial charge on any atom is 0.121 e. The van der Waals surface area contributed by atoms with Crippen molar-refractivity contribution in [2.75, 3.05) is 0 Å². The van der Waals surface area contributed by atoms with Gasteiger partial charge in [0.2, 0.25) is 0 Å². The summed E-state index contributed by atoms with van der Waals surface area (Å²) in [5, 5.41) is 12.6. The molecule has 0 amide bonds. The van der Waals surface area contributed by atoms with E-state index in [1.807, 2.05) is 62.5 Å². The molecule has 1 aromatic heterocycles. The first kappa shape index (κ1) is 13.1. The van der Waals surface area contributed by atoms with Crippen LogP contribution in [-0.2, 0) is 5.60 Å². The van der Waals surface area contributed by atoms with Crippen molar-refractivity contribution in [1.82, 2.24) is 0 Å². The van der Waals surface area contributed by atoms with Crippen molar-refractivity contribution in [3.05, 3.63) is 52.2 Å². The van der Waals surface area contributed by atoms with Crippen LogP contribution < -0.4 is 4.74 Å². The average Bonchev–Trinajstić information content (AvgIpc) is 2.83. The molecule has 0 bridgehead atoms. The van der Waals surface area contributed by atoms with Crippen molar-refractivity contribution in [2.45, 2.75) is 32.5 Å². The lowest BCUT2D eigenvalue weighted by atomic mass is 9.94. The number of hydrogen-bond donors (Lipinski definition) is 1. The summed E-state index contributed by atoms with van der Waals surface area (Å²) in [5.41, 5.74) is -0.0640. The van der Waals surface area contributed by atoms with Gasteiger partial charge >= 0.3 is 0 Å². The van der Waals surface area contributed by atoms with Crippen molar-refractivity contribution >= 4 is 11.3 Å². The molecule has 96 valence electrons. The Kier molecular flexibility index (Phi) is 3.73. The van der Waals surface area contributed by atoms with Crippen molar-refractivity contribution in [1.29, 1.82) is 0 Å². The molecule has 0 aliphatic carbocycles. The Labute approximate surface area is 112 Å². The summed E-state index contributed by atoms with van der Waals surface area (Å²) in [7, 11) is 0. The first-order valence-electron chi connectivity index (χ1n) is 6.03. The molecule has 2 aromatic rings. The van der Waals surface area contributed by atoms with Crippen LogP contribution in [0.4, 0.5) is 0 Å². The van der Waals surface area contributed by atoms with E-state index in [2.05, 4.69) is 0 Å². The third kappa shape index (κ3) is 2.74. The van der Waals surface area contributed by atoms with Gasteiger partial charge in [-0.05, 0) is 49.9 Å². The summed E-state index contributed by atoms with van der Waals surface area (Å²) < 4.78 is 5.59. The fraction of sp³-hybridized carbons (Fsp3) is 0.333. The van der Waals surface area contributed by atoms with E-state index in [9.17, 15) is 5.11 Å². The predicted molar refractivity (Wildman–Crippen MR) is 75.2 cm³/mol. The topological polar surface area (TPSA) is 29.5 Å². The SMILES string of the molecule is CC(C)Oc1ccc(C(C)(O)c2cccs2)cc1. The predicted octanol–water partition coefficient (Wildman–Crippen LogP) is 3.79. The quantitative estimate of drug-likeness (QED) is 0.908. The Hall–Kier alpha value is -1.32. The third-order valence-corrected chi connectivity index (χ3v) is 3.87. The van der Waals surface area contributed by atoms with E-state index in [0.29, 0.717) is 0 Å². The summed E-state index contributed by atoms with van der Waals surface area (Å²) in [6, 6.07) is 11.5. The second-order valence-electron chi connectivity index (χ2n) is 4.74. The van der Waals surface area contributed by atoms with Crippen LogP contribution in [0.25, 0.3) is 0 Å². The Morgan fingerprint density at radius 2 is 1.83 bits per heavy atom. The van der Waals surface area contributed by atoms with Crippen LogP contribution in [0.2, 0.25) is 0 Å². The minimum absolute atomic E-state index is 0.161. The Morgan fingerprint density at radius 3 is 2.33 bits per heavy atom. The molecule has 1 unspecified atom stereocenters. The lowest BCUT2D eigenvalue weighted by Gasteiger charge is -2.23. The molecule has 1 heterocycles. The minimum atomic E-state index is -0.940. The average molecular weight is 262 g/mol. The molecule has 1 aromatic carbocycles. The molecule has 0 radical (unpaired) electrons. The highest BCUT2D eigenvalue weighted by Crippen LogP contribution is 2.33. The number of thiophene rings is 1. The molecular weight excluding hydrogens is 244 g/mol. The molecule has 1 N–H and O–H groups in total. The van der Waals surface area contributed by atoms with Crippen LogP contribution in [0.3, 0.4) is 0 Å². The Balaban J connectivity index is 2.24. The molecule has 0 saturated heterocycles. The van der Waals surface area contributed by atoms with Gasteiger partial charge in [-0.25, -0.2) is 0 Å². The zero-order chi connectivity index (χ0) is 13.2. The van der Waals surface area contributed by atoms with Gasteiger partial charge in [-0.15, -0.1) is 11.3 Å². The molecule has 0 spiro atoms. The van der Waals surface area contributed by atoms with Crippen LogP contribution in [0.15, 0.2) is 41.8 Å². The van der Waals surface area contributed by atoms with Gasteiger partial charge in [-0.1, -0.05) is 18.2 Å². The fourth-order valence-electron chi connectivity index (χ4n) is 1.83. The second-order valence-corrected chi connectivity index (χ2v) is 5.69. The number of benzene rings is 1. The summed E-state index contributed by atoms with van der Waals surface area (Å²) in [6.45, 7) is 5.81. The fourth-order valence-corrected chi connectivity index (χ4v) is 2.64. The van der Waals surface area contributed by atoms with Gasteiger partial charge in [-0.3, -0.25) is 0 Å². The first-order valence-corrected chi connectivity index (χ1v) is 6.91. The maximum atomic E-state index is 10.6. The van der Waals surface area contributed by atoms with Gasteiger partial charge < -0.3 is 9.84 Å². The first-order chi connectivity index (χ1) is 8.50. The molecule has 2 rings (SSSR count). The van der Waals surface area contributed by atoms with Crippen molar-refractivity contribution in [2.24, 2.45) is 0 Å². The number of aliphatic hydroxyl groups is 1. The Morgan fingerprint density at radius 1 is 1.17 bits per heavy atom. The number of rotatable bonds is 4. The van der Waals surface area contributed by atoms with E-state index in [4.69, 9.17) is 4.74 Å². The highest BCUT2D eigenvalue weighted by molar-refractivity contribution is 7.10. The summed E-state index contributed by atoms with van der Waals surface area (Å²) in [5.74, 6) is 0.829. The molecule has 18 heavy (non-hydrogen) atoms. The third-order valence-electron chi connectivity index (χ3n) is 2.79. The van der Waals surface area contributed by atoms with Crippen molar-refractivity contribution in [3.63, 3.8) is 0 Å². The molecule has 2 nitrogen and oxygen atoms in total. The standard InChI is InChI=1S/C15H18O2S/c1-11(2)17-13-8-6-12(7-9-13)15(3,16)14-5-4-10-18-14/h4-11,16H,1-3H3. The zero-order valence-electron chi connectivity index (χ0n) is 10.9. The second kappa shape index (κ2) is 5.12. The lowest BCUT2D eigenvalue weighted by molar-refractivity contribution is 0.106. The molecule has 0 aliphatic rings. The van der Waals surface area contributed by atoms with Gasteiger partial charge in [0.05, 0.1) is 6.10 Å². The zero-order valence-corrected chi connectivity index (χ0v) is 11.7. The number of ether oxygens (including phenoxy) is 1. The van der Waals surface area contributed by atoms with E-state index < -0.39 is 5.60 Å². The normalized spacial score (nSPS) is 14.5. The van der Waals surface area contributed by atoms with Crippen molar-refractivity contribution in [3.8, 4) is 5.75 Å². The summed E-state index contributed by atoms with van der Waals surface area (Å²) >= 11 is 1.56. The molecule has 1 atom stereocenters. The monoisotopic (exact) mass is 262 g/mol. The Bertz CT molecular complexity index is 484. The van der Waals surface area contributed by atoms with E-state index >= 15 is 0 Å². The molecular formula is C15H18O2S. The van der Waals surface area contributed by atoms with Crippen LogP contribution in [0, 0.1) is 0 Å². The van der Waals surface area contributed by atoms with E-state index in [1.54, 1.807) is 11.3 Å². The number of hydrogen-bond acceptors (Lipinski definition) is 3. The highest BCUT2D eigenvalue weighted by Gasteiger charge is 2.26. The van der Waals surface area contributed by atoms with Gasteiger partial charge in [-0.2, -0.15) is 0 Å². The van der Waals surface area contributed by atoms with Crippen molar-refractivity contribution < 1.29 is 9.84 Å². The van der Waals surface area contributed by atoms with Gasteiger partial charge in [0.1, 0.15) is 11.4 Å². The van der Waals surface area contributed by atoms with Gasteiger partial charge in [0.15, 0.2) is 0 Å². The van der Waals surface area contributed by atoms with E-state index in [0.717, 1.165) is 16.2 Å². The summed E-state index contributed by atoms with van der Waals surface area (Å²) in [4.78, 5) is 0.944. The largest absolute Gasteiger partial charge is 0.491 e. The van der Waals surface area contributed by atoms with E-state index in [-0.39, 0.29) is 6.10 Å². The van der Waals surface area contributed by atoms with Crippen LogP contribution in [0.1, 0.15) is 31.2 Å². The molecule has 0 saturated carbocycles. The highest BCUT2D eigenvalue weighted by atomic mass is 32.1. The lowest BCUT2D eigenvalue weighted by Crippen LogP contribution is -2.21. The van der Waals surface area contributed by atoms with Crippen LogP contribution in [-0.4, -0.2) is 11.2 Å². The van der Waals surface area contributed by atoms with Crippen LogP contribution in [0.5, 0.6) is 5.75 Å².